The van der Waals surface area contributed by atoms with Gasteiger partial charge in [0.1, 0.15) is 5.69 Å². The summed E-state index contributed by atoms with van der Waals surface area (Å²) >= 11 is 0. The molecule has 1 saturated heterocycles. The van der Waals surface area contributed by atoms with E-state index in [1.54, 1.807) is 12.3 Å². The number of pyridine rings is 1. The third-order valence-electron chi connectivity index (χ3n) is 3.15. The van der Waals surface area contributed by atoms with Crippen LogP contribution in [0.25, 0.3) is 0 Å². The molecule has 1 aromatic heterocycles. The molecular formula is C12H17N3O2. The van der Waals surface area contributed by atoms with Gasteiger partial charge in [-0.15, -0.1) is 0 Å². The summed E-state index contributed by atoms with van der Waals surface area (Å²) in [7, 11) is 0. The Morgan fingerprint density at radius 3 is 2.71 bits per heavy atom. The molecule has 92 valence electrons. The van der Waals surface area contributed by atoms with E-state index in [9.17, 15) is 4.79 Å². The maximum atomic E-state index is 10.8. The van der Waals surface area contributed by atoms with Gasteiger partial charge in [-0.05, 0) is 18.7 Å². The number of piperazine rings is 1. The summed E-state index contributed by atoms with van der Waals surface area (Å²) in [5, 5.41) is 8.90. The number of likely N-dealkylation sites (N-methyl/N-ethyl adjacent to an activating group) is 1. The third kappa shape index (κ3) is 2.74. The summed E-state index contributed by atoms with van der Waals surface area (Å²) in [6, 6.07) is 3.51. The summed E-state index contributed by atoms with van der Waals surface area (Å²) in [6.45, 7) is 7.17. The first kappa shape index (κ1) is 11.9. The number of anilines is 1. The highest BCUT2D eigenvalue weighted by molar-refractivity contribution is 5.86. The van der Waals surface area contributed by atoms with Crippen molar-refractivity contribution in [1.29, 1.82) is 0 Å². The fourth-order valence-corrected chi connectivity index (χ4v) is 2.06. The number of carboxylic acids is 1. The van der Waals surface area contributed by atoms with Crippen LogP contribution in [0.1, 0.15) is 17.4 Å². The van der Waals surface area contributed by atoms with Crippen molar-refractivity contribution in [1.82, 2.24) is 9.88 Å². The lowest BCUT2D eigenvalue weighted by Gasteiger charge is -2.35. The van der Waals surface area contributed by atoms with Gasteiger partial charge in [0.2, 0.25) is 0 Å². The van der Waals surface area contributed by atoms with E-state index in [2.05, 4.69) is 21.7 Å². The average Bonchev–Trinajstić information content (AvgIpc) is 2.39. The average molecular weight is 235 g/mol. The smallest absolute Gasteiger partial charge is 0.354 e. The highest BCUT2D eigenvalue weighted by Gasteiger charge is 2.16. The lowest BCUT2D eigenvalue weighted by molar-refractivity contribution is 0.0690. The van der Waals surface area contributed by atoms with Crippen molar-refractivity contribution < 1.29 is 9.90 Å². The maximum absolute atomic E-state index is 10.8. The van der Waals surface area contributed by atoms with Gasteiger partial charge in [0, 0.05) is 38.1 Å². The predicted molar refractivity (Wildman–Crippen MR) is 65.5 cm³/mol. The Labute approximate surface area is 101 Å². The first-order valence-corrected chi connectivity index (χ1v) is 5.87. The zero-order chi connectivity index (χ0) is 12.3. The fraction of sp³-hybridized carbons (Fsp3) is 0.500. The van der Waals surface area contributed by atoms with Gasteiger partial charge in [-0.25, -0.2) is 9.78 Å². The second kappa shape index (κ2) is 5.14. The number of carboxylic acid groups (broad SMARTS) is 1. The topological polar surface area (TPSA) is 56.7 Å². The van der Waals surface area contributed by atoms with Crippen LogP contribution < -0.4 is 4.90 Å². The Morgan fingerprint density at radius 1 is 1.41 bits per heavy atom. The minimum Gasteiger partial charge on any atom is -0.477 e. The summed E-state index contributed by atoms with van der Waals surface area (Å²) < 4.78 is 0. The second-order valence-electron chi connectivity index (χ2n) is 4.13. The van der Waals surface area contributed by atoms with E-state index < -0.39 is 5.97 Å². The quantitative estimate of drug-likeness (QED) is 0.844. The Morgan fingerprint density at radius 2 is 2.12 bits per heavy atom. The molecule has 1 aliphatic rings. The highest BCUT2D eigenvalue weighted by Crippen LogP contribution is 2.16. The van der Waals surface area contributed by atoms with E-state index >= 15 is 0 Å². The van der Waals surface area contributed by atoms with E-state index in [1.807, 2.05) is 6.07 Å². The zero-order valence-corrected chi connectivity index (χ0v) is 9.96. The highest BCUT2D eigenvalue weighted by atomic mass is 16.4. The molecule has 0 saturated carbocycles. The largest absolute Gasteiger partial charge is 0.477 e. The van der Waals surface area contributed by atoms with Gasteiger partial charge in [0.05, 0.1) is 0 Å². The molecule has 1 fully saturated rings. The second-order valence-corrected chi connectivity index (χ2v) is 4.13. The van der Waals surface area contributed by atoms with E-state index in [1.165, 1.54) is 0 Å². The van der Waals surface area contributed by atoms with Crippen molar-refractivity contribution in [3.63, 3.8) is 0 Å². The van der Waals surface area contributed by atoms with Crippen LogP contribution in [-0.4, -0.2) is 53.7 Å². The number of hydrogen-bond donors (Lipinski definition) is 1. The Bertz CT molecular complexity index is 400. The zero-order valence-electron chi connectivity index (χ0n) is 9.96. The number of aromatic carboxylic acids is 1. The van der Waals surface area contributed by atoms with E-state index in [0.29, 0.717) is 0 Å². The van der Waals surface area contributed by atoms with Crippen LogP contribution in [0.2, 0.25) is 0 Å². The van der Waals surface area contributed by atoms with Gasteiger partial charge in [-0.2, -0.15) is 0 Å². The number of hydrogen-bond acceptors (Lipinski definition) is 4. The van der Waals surface area contributed by atoms with Crippen molar-refractivity contribution in [2.45, 2.75) is 6.92 Å². The van der Waals surface area contributed by atoms with Crippen LogP contribution in [0, 0.1) is 0 Å². The molecule has 0 atom stereocenters. The summed E-state index contributed by atoms with van der Waals surface area (Å²) in [5.41, 5.74) is 1.06. The third-order valence-corrected chi connectivity index (χ3v) is 3.15. The van der Waals surface area contributed by atoms with E-state index in [4.69, 9.17) is 5.11 Å². The number of rotatable bonds is 3. The molecule has 1 N–H and O–H groups in total. The van der Waals surface area contributed by atoms with Crippen molar-refractivity contribution in [3.05, 3.63) is 24.0 Å². The van der Waals surface area contributed by atoms with Gasteiger partial charge in [0.25, 0.3) is 0 Å². The molecule has 1 aliphatic heterocycles. The van der Waals surface area contributed by atoms with Gasteiger partial charge in [0.15, 0.2) is 0 Å². The molecule has 0 radical (unpaired) electrons. The van der Waals surface area contributed by atoms with E-state index in [0.717, 1.165) is 38.4 Å². The Balaban J connectivity index is 2.08. The molecule has 5 nitrogen and oxygen atoms in total. The van der Waals surface area contributed by atoms with Crippen LogP contribution in [0.4, 0.5) is 5.69 Å². The lowest BCUT2D eigenvalue weighted by atomic mass is 10.2. The number of nitrogens with zero attached hydrogens (tertiary/aromatic N) is 3. The molecule has 1 aromatic rings. The molecule has 0 spiro atoms. The van der Waals surface area contributed by atoms with Crippen molar-refractivity contribution in [2.75, 3.05) is 37.6 Å². The molecule has 0 amide bonds. The monoisotopic (exact) mass is 235 g/mol. The summed E-state index contributed by atoms with van der Waals surface area (Å²) in [6.07, 6.45) is 1.56. The molecule has 0 aromatic carbocycles. The minimum absolute atomic E-state index is 0.112. The molecule has 17 heavy (non-hydrogen) atoms. The Hall–Kier alpha value is -1.62. The standard InChI is InChI=1S/C12H17N3O2/c1-2-14-5-7-15(8-6-14)10-3-4-13-11(9-10)12(16)17/h3-4,9H,2,5-8H2,1H3,(H,16,17). The first-order chi connectivity index (χ1) is 8.20. The van der Waals surface area contributed by atoms with Crippen LogP contribution in [0.5, 0.6) is 0 Å². The van der Waals surface area contributed by atoms with E-state index in [-0.39, 0.29) is 5.69 Å². The van der Waals surface area contributed by atoms with Gasteiger partial charge in [-0.3, -0.25) is 0 Å². The fourth-order valence-electron chi connectivity index (χ4n) is 2.06. The lowest BCUT2D eigenvalue weighted by Crippen LogP contribution is -2.46. The SMILES string of the molecule is CCN1CCN(c2ccnc(C(=O)O)c2)CC1. The van der Waals surface area contributed by atoms with Gasteiger partial charge < -0.3 is 14.9 Å². The molecule has 0 aliphatic carbocycles. The predicted octanol–water partition coefficient (Wildman–Crippen LogP) is 0.922. The van der Waals surface area contributed by atoms with Crippen LogP contribution >= 0.6 is 0 Å². The summed E-state index contributed by atoms with van der Waals surface area (Å²) in [4.78, 5) is 19.3. The maximum Gasteiger partial charge on any atom is 0.354 e. The van der Waals surface area contributed by atoms with Crippen LogP contribution in [0.3, 0.4) is 0 Å². The van der Waals surface area contributed by atoms with Crippen LogP contribution in [0.15, 0.2) is 18.3 Å². The number of aromatic nitrogens is 1. The Kier molecular flexibility index (Phi) is 3.58. The molecule has 0 unspecified atom stereocenters. The normalized spacial score (nSPS) is 17.1. The van der Waals surface area contributed by atoms with Crippen molar-refractivity contribution >= 4 is 11.7 Å². The van der Waals surface area contributed by atoms with Crippen LogP contribution in [-0.2, 0) is 0 Å². The summed E-state index contributed by atoms with van der Waals surface area (Å²) in [5.74, 6) is -0.973. The molecule has 0 bridgehead atoms. The van der Waals surface area contributed by atoms with Crippen molar-refractivity contribution in [2.24, 2.45) is 0 Å². The molecule has 2 heterocycles. The number of carbonyl (C=O) groups is 1. The first-order valence-electron chi connectivity index (χ1n) is 5.87. The van der Waals surface area contributed by atoms with Gasteiger partial charge in [-0.1, -0.05) is 6.92 Å². The molecule has 5 heteroatoms. The molecule has 2 rings (SSSR count). The van der Waals surface area contributed by atoms with Gasteiger partial charge >= 0.3 is 5.97 Å². The van der Waals surface area contributed by atoms with Crippen molar-refractivity contribution in [3.8, 4) is 0 Å². The minimum atomic E-state index is -0.973. The molecular weight excluding hydrogens is 218 g/mol.